The van der Waals surface area contributed by atoms with Crippen molar-refractivity contribution in [1.82, 2.24) is 15.2 Å². The maximum Gasteiger partial charge on any atom is 0.246 e. The second-order valence-electron chi connectivity index (χ2n) is 8.16. The number of likely N-dealkylation sites (tertiary alicyclic amines) is 1. The van der Waals surface area contributed by atoms with Crippen LogP contribution in [0.1, 0.15) is 17.0 Å². The van der Waals surface area contributed by atoms with Gasteiger partial charge in [-0.15, -0.1) is 11.3 Å². The van der Waals surface area contributed by atoms with Gasteiger partial charge in [0.25, 0.3) is 0 Å². The number of ether oxygens (including phenoxy) is 2. The summed E-state index contributed by atoms with van der Waals surface area (Å²) < 4.78 is 12.8. The standard InChI is InChI=1S/C23H25N3O3S/c1-15-25-19-10-17(4-6-21(19)30-15)18-9-16(3-5-20(18)28-2)11-26-8-7-23(14-26)13-24-22(27)12-29-23/h3-6,9-10H,7-8,11-14H2,1-2H3,(H,24,27). The molecule has 7 heteroatoms. The molecule has 0 aliphatic carbocycles. The number of hydrogen-bond donors (Lipinski definition) is 1. The SMILES string of the molecule is COc1ccc(CN2CCC3(CNC(=O)CO3)C2)cc1-c1ccc2sc(C)nc2c1. The number of morpholine rings is 1. The number of aryl methyl sites for hydroxylation is 1. The molecule has 1 unspecified atom stereocenters. The number of aromatic nitrogens is 1. The van der Waals surface area contributed by atoms with Crippen molar-refractivity contribution in [2.45, 2.75) is 25.5 Å². The van der Waals surface area contributed by atoms with E-state index in [1.807, 2.05) is 13.0 Å². The first-order valence-electron chi connectivity index (χ1n) is 10.2. The average Bonchev–Trinajstić information content (AvgIpc) is 3.32. The van der Waals surface area contributed by atoms with E-state index in [-0.39, 0.29) is 18.1 Å². The molecule has 156 valence electrons. The number of nitrogens with zero attached hydrogens (tertiary/aromatic N) is 2. The third-order valence-corrected chi connectivity index (χ3v) is 6.94. The fraction of sp³-hybridized carbons (Fsp3) is 0.391. The van der Waals surface area contributed by atoms with Gasteiger partial charge < -0.3 is 14.8 Å². The number of carbonyl (C=O) groups is 1. The zero-order valence-electron chi connectivity index (χ0n) is 17.2. The van der Waals surface area contributed by atoms with Gasteiger partial charge in [0.1, 0.15) is 12.4 Å². The second kappa shape index (κ2) is 7.65. The van der Waals surface area contributed by atoms with E-state index in [1.54, 1.807) is 18.4 Å². The average molecular weight is 424 g/mol. The van der Waals surface area contributed by atoms with E-state index in [9.17, 15) is 4.79 Å². The Labute approximate surface area is 179 Å². The van der Waals surface area contributed by atoms with Gasteiger partial charge in [0.05, 0.1) is 27.9 Å². The van der Waals surface area contributed by atoms with Gasteiger partial charge in [0, 0.05) is 31.7 Å². The molecule has 1 atom stereocenters. The molecule has 2 aromatic carbocycles. The monoisotopic (exact) mass is 423 g/mol. The van der Waals surface area contributed by atoms with Gasteiger partial charge in [0.15, 0.2) is 0 Å². The van der Waals surface area contributed by atoms with Gasteiger partial charge in [-0.25, -0.2) is 4.98 Å². The Kier molecular flexibility index (Phi) is 4.97. The molecule has 1 N–H and O–H groups in total. The van der Waals surface area contributed by atoms with Crippen LogP contribution in [0.5, 0.6) is 5.75 Å². The third kappa shape index (κ3) is 3.69. The molecule has 5 rings (SSSR count). The topological polar surface area (TPSA) is 63.7 Å². The fourth-order valence-electron chi connectivity index (χ4n) is 4.45. The summed E-state index contributed by atoms with van der Waals surface area (Å²) >= 11 is 1.71. The quantitative estimate of drug-likeness (QED) is 0.697. The predicted octanol–water partition coefficient (Wildman–Crippen LogP) is 3.37. The van der Waals surface area contributed by atoms with E-state index in [2.05, 4.69) is 45.5 Å². The molecular weight excluding hydrogens is 398 g/mol. The largest absolute Gasteiger partial charge is 0.496 e. The zero-order valence-corrected chi connectivity index (χ0v) is 18.1. The number of hydrogen-bond acceptors (Lipinski definition) is 6. The lowest BCUT2D eigenvalue weighted by Crippen LogP contribution is -2.53. The fourth-order valence-corrected chi connectivity index (χ4v) is 5.26. The van der Waals surface area contributed by atoms with Crippen molar-refractivity contribution >= 4 is 27.5 Å². The summed E-state index contributed by atoms with van der Waals surface area (Å²) in [5.74, 6) is 0.840. The van der Waals surface area contributed by atoms with Crippen LogP contribution in [0.25, 0.3) is 21.3 Å². The minimum Gasteiger partial charge on any atom is -0.496 e. The zero-order chi connectivity index (χ0) is 20.7. The molecule has 3 aromatic rings. The smallest absolute Gasteiger partial charge is 0.246 e. The van der Waals surface area contributed by atoms with Crippen molar-refractivity contribution in [3.8, 4) is 16.9 Å². The normalized spacial score (nSPS) is 22.0. The Balaban J connectivity index is 1.38. The lowest BCUT2D eigenvalue weighted by molar-refractivity contribution is -0.142. The number of fused-ring (bicyclic) bond motifs is 1. The molecule has 0 radical (unpaired) electrons. The summed E-state index contributed by atoms with van der Waals surface area (Å²) in [5, 5.41) is 4.02. The maximum atomic E-state index is 11.4. The Morgan fingerprint density at radius 1 is 1.30 bits per heavy atom. The molecule has 0 bridgehead atoms. The first kappa shape index (κ1) is 19.5. The van der Waals surface area contributed by atoms with Gasteiger partial charge in [-0.1, -0.05) is 12.1 Å². The van der Waals surface area contributed by atoms with E-state index in [0.717, 1.165) is 53.5 Å². The Morgan fingerprint density at radius 3 is 3.00 bits per heavy atom. The minimum atomic E-state index is -0.239. The molecule has 1 aromatic heterocycles. The molecule has 1 amide bonds. The molecule has 3 heterocycles. The molecule has 2 saturated heterocycles. The number of thiazole rings is 1. The molecular formula is C23H25N3O3S. The van der Waals surface area contributed by atoms with Crippen LogP contribution in [0.15, 0.2) is 36.4 Å². The Bertz CT molecular complexity index is 1100. The van der Waals surface area contributed by atoms with E-state index in [0.29, 0.717) is 6.54 Å². The maximum absolute atomic E-state index is 11.4. The molecule has 2 fully saturated rings. The van der Waals surface area contributed by atoms with Crippen LogP contribution in [-0.2, 0) is 16.1 Å². The van der Waals surface area contributed by atoms with E-state index in [4.69, 9.17) is 9.47 Å². The van der Waals surface area contributed by atoms with Crippen LogP contribution in [-0.4, -0.2) is 54.7 Å². The highest BCUT2D eigenvalue weighted by molar-refractivity contribution is 7.18. The summed E-state index contributed by atoms with van der Waals surface area (Å²) in [5.41, 5.74) is 4.22. The number of benzene rings is 2. The van der Waals surface area contributed by atoms with Gasteiger partial charge in [-0.2, -0.15) is 0 Å². The molecule has 2 aliphatic rings. The number of amides is 1. The second-order valence-corrected chi connectivity index (χ2v) is 9.39. The van der Waals surface area contributed by atoms with Crippen LogP contribution in [0.2, 0.25) is 0 Å². The molecule has 0 saturated carbocycles. The minimum absolute atomic E-state index is 0.0221. The van der Waals surface area contributed by atoms with Gasteiger partial charge >= 0.3 is 0 Å². The van der Waals surface area contributed by atoms with Crippen molar-refractivity contribution in [3.63, 3.8) is 0 Å². The summed E-state index contributed by atoms with van der Waals surface area (Å²) in [6.45, 7) is 5.44. The van der Waals surface area contributed by atoms with Gasteiger partial charge in [-0.05, 0) is 48.7 Å². The highest BCUT2D eigenvalue weighted by atomic mass is 32.1. The molecule has 6 nitrogen and oxygen atoms in total. The lowest BCUT2D eigenvalue weighted by atomic mass is 10.0. The number of nitrogens with one attached hydrogen (secondary N) is 1. The number of rotatable bonds is 4. The van der Waals surface area contributed by atoms with E-state index in [1.165, 1.54) is 10.3 Å². The van der Waals surface area contributed by atoms with Crippen LogP contribution in [0, 0.1) is 6.92 Å². The van der Waals surface area contributed by atoms with Crippen molar-refractivity contribution in [2.24, 2.45) is 0 Å². The summed E-state index contributed by atoms with van der Waals surface area (Å²) in [6, 6.07) is 12.8. The Morgan fingerprint density at radius 2 is 2.20 bits per heavy atom. The van der Waals surface area contributed by atoms with Crippen molar-refractivity contribution in [1.29, 1.82) is 0 Å². The molecule has 2 aliphatic heterocycles. The third-order valence-electron chi connectivity index (χ3n) is 5.99. The summed E-state index contributed by atoms with van der Waals surface area (Å²) in [4.78, 5) is 18.5. The van der Waals surface area contributed by atoms with E-state index >= 15 is 0 Å². The summed E-state index contributed by atoms with van der Waals surface area (Å²) in [6.07, 6.45) is 0.941. The number of methoxy groups -OCH3 is 1. The van der Waals surface area contributed by atoms with Crippen LogP contribution in [0.4, 0.5) is 0 Å². The number of carbonyl (C=O) groups excluding carboxylic acids is 1. The predicted molar refractivity (Wildman–Crippen MR) is 118 cm³/mol. The van der Waals surface area contributed by atoms with Crippen LogP contribution >= 0.6 is 11.3 Å². The summed E-state index contributed by atoms with van der Waals surface area (Å²) in [7, 11) is 1.71. The Hall–Kier alpha value is -2.48. The van der Waals surface area contributed by atoms with Crippen LogP contribution in [0.3, 0.4) is 0 Å². The highest BCUT2D eigenvalue weighted by Crippen LogP contribution is 2.35. The molecule has 30 heavy (non-hydrogen) atoms. The highest BCUT2D eigenvalue weighted by Gasteiger charge is 2.42. The van der Waals surface area contributed by atoms with E-state index < -0.39 is 0 Å². The van der Waals surface area contributed by atoms with Crippen molar-refractivity contribution in [3.05, 3.63) is 47.0 Å². The van der Waals surface area contributed by atoms with Gasteiger partial charge in [-0.3, -0.25) is 9.69 Å². The van der Waals surface area contributed by atoms with Crippen LogP contribution < -0.4 is 10.1 Å². The first-order chi connectivity index (χ1) is 14.5. The van der Waals surface area contributed by atoms with Crippen molar-refractivity contribution < 1.29 is 14.3 Å². The lowest BCUT2D eigenvalue weighted by Gasteiger charge is -2.33. The first-order valence-corrected chi connectivity index (χ1v) is 11.0. The van der Waals surface area contributed by atoms with Crippen molar-refractivity contribution in [2.75, 3.05) is 33.4 Å². The molecule has 1 spiro atoms. The van der Waals surface area contributed by atoms with Gasteiger partial charge in [0.2, 0.25) is 5.91 Å².